The first-order chi connectivity index (χ1) is 12.7. The number of rotatable bonds is 7. The van der Waals surface area contributed by atoms with E-state index in [0.29, 0.717) is 6.61 Å². The molecule has 0 saturated carbocycles. The van der Waals surface area contributed by atoms with Crippen molar-refractivity contribution < 1.29 is 14.3 Å². The van der Waals surface area contributed by atoms with Gasteiger partial charge in [-0.25, -0.2) is 0 Å². The maximum Gasteiger partial charge on any atom is 0.231 e. The van der Waals surface area contributed by atoms with Crippen LogP contribution in [0.1, 0.15) is 31.2 Å². The number of likely N-dealkylation sites (tertiary alicyclic amines) is 1. The van der Waals surface area contributed by atoms with Gasteiger partial charge in [-0.15, -0.1) is 0 Å². The van der Waals surface area contributed by atoms with Crippen LogP contribution in [0.15, 0.2) is 30.3 Å². The number of methoxy groups -OCH3 is 1. The van der Waals surface area contributed by atoms with Crippen molar-refractivity contribution >= 4 is 5.91 Å². The number of ether oxygens (including phenoxy) is 2. The van der Waals surface area contributed by atoms with Gasteiger partial charge in [0.15, 0.2) is 0 Å². The molecule has 2 fully saturated rings. The highest BCUT2D eigenvalue weighted by atomic mass is 16.5. The molecule has 2 aliphatic rings. The minimum absolute atomic E-state index is 0.272. The topological polar surface area (TPSA) is 50.8 Å². The molecule has 0 unspecified atom stereocenters. The third-order valence-electron chi connectivity index (χ3n) is 5.75. The van der Waals surface area contributed by atoms with E-state index in [2.05, 4.69) is 29.6 Å². The Kier molecular flexibility index (Phi) is 7.06. The van der Waals surface area contributed by atoms with Crippen molar-refractivity contribution in [3.05, 3.63) is 35.9 Å². The number of benzene rings is 1. The van der Waals surface area contributed by atoms with E-state index in [1.54, 1.807) is 7.11 Å². The Morgan fingerprint density at radius 2 is 1.88 bits per heavy atom. The summed E-state index contributed by atoms with van der Waals surface area (Å²) in [5.41, 5.74) is 0.980. The summed E-state index contributed by atoms with van der Waals surface area (Å²) in [5, 5.41) is 3.35. The zero-order chi connectivity index (χ0) is 18.2. The number of carbonyl (C=O) groups is 1. The Morgan fingerprint density at radius 1 is 1.19 bits per heavy atom. The van der Waals surface area contributed by atoms with Gasteiger partial charge in [-0.3, -0.25) is 4.79 Å². The highest BCUT2D eigenvalue weighted by Gasteiger charge is 2.42. The molecule has 1 aromatic rings. The molecule has 1 N–H and O–H groups in total. The molecule has 2 saturated heterocycles. The normalized spacial score (nSPS) is 20.9. The van der Waals surface area contributed by atoms with Crippen LogP contribution in [0, 0.1) is 5.41 Å². The van der Waals surface area contributed by atoms with Gasteiger partial charge < -0.3 is 19.7 Å². The lowest BCUT2D eigenvalue weighted by Crippen LogP contribution is -2.53. The molecule has 0 spiro atoms. The molecule has 0 atom stereocenters. The van der Waals surface area contributed by atoms with Crippen molar-refractivity contribution in [2.24, 2.45) is 5.41 Å². The van der Waals surface area contributed by atoms with Crippen LogP contribution < -0.4 is 5.32 Å². The third-order valence-corrected chi connectivity index (χ3v) is 5.75. The monoisotopic (exact) mass is 360 g/mol. The lowest BCUT2D eigenvalue weighted by molar-refractivity contribution is -0.150. The fraction of sp³-hybridized carbons (Fsp3) is 0.667. The average molecular weight is 360 g/mol. The zero-order valence-electron chi connectivity index (χ0n) is 15.9. The van der Waals surface area contributed by atoms with Crippen molar-refractivity contribution in [1.82, 2.24) is 10.2 Å². The van der Waals surface area contributed by atoms with Crippen molar-refractivity contribution in [2.75, 3.05) is 46.5 Å². The smallest absolute Gasteiger partial charge is 0.231 e. The fourth-order valence-electron chi connectivity index (χ4n) is 4.15. The molecular weight excluding hydrogens is 328 g/mol. The van der Waals surface area contributed by atoms with E-state index in [-0.39, 0.29) is 17.4 Å². The molecule has 0 aliphatic carbocycles. The van der Waals surface area contributed by atoms with Crippen LogP contribution in [0.4, 0.5) is 0 Å². The van der Waals surface area contributed by atoms with E-state index in [1.807, 2.05) is 11.0 Å². The fourth-order valence-corrected chi connectivity index (χ4v) is 4.15. The Bertz CT molecular complexity index is 544. The first-order valence-corrected chi connectivity index (χ1v) is 9.88. The highest BCUT2D eigenvalue weighted by molar-refractivity contribution is 5.83. The van der Waals surface area contributed by atoms with Gasteiger partial charge in [-0.05, 0) is 50.8 Å². The minimum Gasteiger partial charge on any atom is -0.384 e. The standard InChI is InChI=1S/C21H32N2O3/c1-25-17-21(10-12-22-13-11-21)20(24)23-14-7-19(8-15-23)26-16-9-18-5-3-2-4-6-18/h2-6,19,22H,7-17H2,1H3. The molecule has 5 heteroatoms. The molecule has 144 valence electrons. The summed E-state index contributed by atoms with van der Waals surface area (Å²) >= 11 is 0. The van der Waals surface area contributed by atoms with Crippen LogP contribution in [0.2, 0.25) is 0 Å². The number of hydrogen-bond acceptors (Lipinski definition) is 4. The maximum absolute atomic E-state index is 13.1. The van der Waals surface area contributed by atoms with Crippen LogP contribution in [0.3, 0.4) is 0 Å². The van der Waals surface area contributed by atoms with E-state index < -0.39 is 0 Å². The first-order valence-electron chi connectivity index (χ1n) is 9.88. The SMILES string of the molecule is COCC1(C(=O)N2CCC(OCCc3ccccc3)CC2)CCNCC1. The van der Waals surface area contributed by atoms with Gasteiger partial charge in [-0.1, -0.05) is 30.3 Å². The largest absolute Gasteiger partial charge is 0.384 e. The summed E-state index contributed by atoms with van der Waals surface area (Å²) in [7, 11) is 1.70. The van der Waals surface area contributed by atoms with Gasteiger partial charge in [0.1, 0.15) is 0 Å². The minimum atomic E-state index is -0.332. The van der Waals surface area contributed by atoms with Gasteiger partial charge in [0.25, 0.3) is 0 Å². The number of nitrogens with zero attached hydrogens (tertiary/aromatic N) is 1. The molecule has 5 nitrogen and oxygen atoms in total. The summed E-state index contributed by atoms with van der Waals surface area (Å²) in [6.45, 7) is 4.67. The summed E-state index contributed by atoms with van der Waals surface area (Å²) in [6, 6.07) is 10.4. The zero-order valence-corrected chi connectivity index (χ0v) is 15.9. The van der Waals surface area contributed by atoms with E-state index in [4.69, 9.17) is 9.47 Å². The number of nitrogens with one attached hydrogen (secondary N) is 1. The molecule has 26 heavy (non-hydrogen) atoms. The second-order valence-corrected chi connectivity index (χ2v) is 7.56. The van der Waals surface area contributed by atoms with Gasteiger partial charge in [0, 0.05) is 20.2 Å². The molecule has 0 aromatic heterocycles. The van der Waals surface area contributed by atoms with Gasteiger partial charge >= 0.3 is 0 Å². The molecule has 0 radical (unpaired) electrons. The third kappa shape index (κ3) is 4.84. The summed E-state index contributed by atoms with van der Waals surface area (Å²) in [4.78, 5) is 15.2. The Balaban J connectivity index is 1.44. The number of amides is 1. The lowest BCUT2D eigenvalue weighted by Gasteiger charge is -2.41. The molecule has 1 aromatic carbocycles. The predicted octanol–water partition coefficient (Wildman–Crippen LogP) is 2.25. The quantitative estimate of drug-likeness (QED) is 0.810. The van der Waals surface area contributed by atoms with Crippen LogP contribution in [-0.2, 0) is 20.7 Å². The van der Waals surface area contributed by atoms with Crippen molar-refractivity contribution in [2.45, 2.75) is 38.2 Å². The van der Waals surface area contributed by atoms with Crippen molar-refractivity contribution in [3.63, 3.8) is 0 Å². The Labute approximate surface area is 157 Å². The molecule has 2 aliphatic heterocycles. The molecule has 2 heterocycles. The summed E-state index contributed by atoms with van der Waals surface area (Å²) in [5.74, 6) is 0.281. The van der Waals surface area contributed by atoms with E-state index in [1.165, 1.54) is 5.56 Å². The second-order valence-electron chi connectivity index (χ2n) is 7.56. The van der Waals surface area contributed by atoms with Crippen LogP contribution >= 0.6 is 0 Å². The molecule has 0 bridgehead atoms. The molecule has 1 amide bonds. The maximum atomic E-state index is 13.1. The first kappa shape index (κ1) is 19.3. The van der Waals surface area contributed by atoms with E-state index >= 15 is 0 Å². The number of carbonyl (C=O) groups excluding carboxylic acids is 1. The lowest BCUT2D eigenvalue weighted by atomic mass is 9.78. The summed E-state index contributed by atoms with van der Waals surface area (Å²) < 4.78 is 11.5. The number of hydrogen-bond donors (Lipinski definition) is 1. The molecular formula is C21H32N2O3. The predicted molar refractivity (Wildman–Crippen MR) is 102 cm³/mol. The van der Waals surface area contributed by atoms with Gasteiger partial charge in [0.2, 0.25) is 5.91 Å². The van der Waals surface area contributed by atoms with E-state index in [9.17, 15) is 4.79 Å². The van der Waals surface area contributed by atoms with Crippen LogP contribution in [-0.4, -0.2) is 63.4 Å². The van der Waals surface area contributed by atoms with Crippen LogP contribution in [0.25, 0.3) is 0 Å². The Morgan fingerprint density at radius 3 is 2.54 bits per heavy atom. The average Bonchev–Trinajstić information content (AvgIpc) is 2.70. The van der Waals surface area contributed by atoms with E-state index in [0.717, 1.165) is 64.9 Å². The summed E-state index contributed by atoms with van der Waals surface area (Å²) in [6.07, 6.45) is 4.82. The Hall–Kier alpha value is -1.43. The van der Waals surface area contributed by atoms with Crippen LogP contribution in [0.5, 0.6) is 0 Å². The van der Waals surface area contributed by atoms with Crippen molar-refractivity contribution in [1.29, 1.82) is 0 Å². The van der Waals surface area contributed by atoms with Crippen molar-refractivity contribution in [3.8, 4) is 0 Å². The van der Waals surface area contributed by atoms with Gasteiger partial charge in [0.05, 0.1) is 24.7 Å². The van der Waals surface area contributed by atoms with Gasteiger partial charge in [-0.2, -0.15) is 0 Å². The molecule has 3 rings (SSSR count). The second kappa shape index (κ2) is 9.49. The highest BCUT2D eigenvalue weighted by Crippen LogP contribution is 2.33. The number of piperidine rings is 2.